The fourth-order valence-electron chi connectivity index (χ4n) is 4.98. The molecule has 4 aromatic heterocycles. The predicted molar refractivity (Wildman–Crippen MR) is 164 cm³/mol. The Morgan fingerprint density at radius 3 is 2.66 bits per heavy atom. The van der Waals surface area contributed by atoms with Gasteiger partial charge in [-0.2, -0.15) is 4.80 Å². The van der Waals surface area contributed by atoms with Crippen molar-refractivity contribution in [1.82, 2.24) is 44.6 Å². The summed E-state index contributed by atoms with van der Waals surface area (Å²) in [5, 5.41) is 18.6. The minimum Gasteiger partial charge on any atom is -0.319 e. The molecule has 44 heavy (non-hydrogen) atoms. The van der Waals surface area contributed by atoms with Gasteiger partial charge < -0.3 is 15.2 Å². The second kappa shape index (κ2) is 11.6. The van der Waals surface area contributed by atoms with Gasteiger partial charge in [0, 0.05) is 28.9 Å². The molecule has 6 rings (SSSR count). The Bertz CT molecular complexity index is 2080. The number of nitrogens with one attached hydrogen (secondary N) is 2. The molecule has 2 N–H and O–H groups in total. The molecule has 0 aliphatic heterocycles. The molecule has 1 amide bonds. The van der Waals surface area contributed by atoms with Crippen molar-refractivity contribution in [1.29, 1.82) is 0 Å². The molecule has 0 spiro atoms. The van der Waals surface area contributed by atoms with Crippen LogP contribution in [0.1, 0.15) is 18.1 Å². The molecule has 2 aromatic carbocycles. The summed E-state index contributed by atoms with van der Waals surface area (Å²) in [5.74, 6) is 0.138. The maximum atomic E-state index is 13.9. The van der Waals surface area contributed by atoms with Crippen LogP contribution in [0.3, 0.4) is 0 Å². The molecule has 1 atom stereocenters. The topological polar surface area (TPSA) is 137 Å². The highest BCUT2D eigenvalue weighted by Crippen LogP contribution is 2.27. The van der Waals surface area contributed by atoms with Gasteiger partial charge in [-0.1, -0.05) is 18.2 Å². The van der Waals surface area contributed by atoms with E-state index in [0.29, 0.717) is 28.3 Å². The van der Waals surface area contributed by atoms with E-state index in [2.05, 4.69) is 36.0 Å². The monoisotopic (exact) mass is 592 g/mol. The van der Waals surface area contributed by atoms with Gasteiger partial charge in [0.2, 0.25) is 11.7 Å². The number of hydrogen-bond donors (Lipinski definition) is 2. The second-order valence-corrected chi connectivity index (χ2v) is 10.5. The molecule has 0 saturated carbocycles. The van der Waals surface area contributed by atoms with Crippen molar-refractivity contribution < 1.29 is 9.18 Å². The van der Waals surface area contributed by atoms with E-state index in [1.54, 1.807) is 39.5 Å². The number of carbonyl (C=O) groups excluding carboxylic acids is 1. The Morgan fingerprint density at radius 2 is 1.89 bits per heavy atom. The third-order valence-corrected chi connectivity index (χ3v) is 7.38. The summed E-state index contributed by atoms with van der Waals surface area (Å²) in [6.07, 6.45) is 6.67. The first-order chi connectivity index (χ1) is 21.2. The quantitative estimate of drug-likeness (QED) is 0.274. The van der Waals surface area contributed by atoms with Crippen molar-refractivity contribution in [3.05, 3.63) is 101 Å². The number of likely N-dealkylation sites (N-methyl/N-ethyl adjacent to an activating group) is 1. The first-order valence-corrected chi connectivity index (χ1v) is 13.9. The van der Waals surface area contributed by atoms with Gasteiger partial charge in [0.05, 0.1) is 43.2 Å². The van der Waals surface area contributed by atoms with Gasteiger partial charge in [-0.05, 0) is 67.6 Å². The van der Waals surface area contributed by atoms with Crippen LogP contribution in [0.25, 0.3) is 39.4 Å². The first kappa shape index (κ1) is 28.6. The standard InChI is InChI=1S/C31H29FN10O2/c1-18-16-41(27-9-8-23(32)12-25(18)27)24-10-20(13-34-14-24)17-42-29(35-15-26(31(42)44)36-30(43)19(2)33-3)22-7-5-6-21(11-22)28-37-39-40(4)38-28/h5-16,19,33H,17H2,1-4H3,(H,36,43). The van der Waals surface area contributed by atoms with Crippen LogP contribution >= 0.6 is 0 Å². The third-order valence-electron chi connectivity index (χ3n) is 7.38. The highest BCUT2D eigenvalue weighted by molar-refractivity contribution is 5.94. The molecule has 13 heteroatoms. The Hall–Kier alpha value is -5.56. The fourth-order valence-corrected chi connectivity index (χ4v) is 4.98. The number of fused-ring (bicyclic) bond motifs is 1. The summed E-state index contributed by atoms with van der Waals surface area (Å²) in [6.45, 7) is 3.72. The Labute approximate surface area is 251 Å². The zero-order valence-corrected chi connectivity index (χ0v) is 24.5. The molecule has 0 fully saturated rings. The Balaban J connectivity index is 1.44. The van der Waals surface area contributed by atoms with E-state index in [1.165, 1.54) is 27.7 Å². The number of tetrazole rings is 1. The molecular formula is C31H29FN10O2. The summed E-state index contributed by atoms with van der Waals surface area (Å²) < 4.78 is 17.4. The molecule has 1 unspecified atom stereocenters. The van der Waals surface area contributed by atoms with Crippen molar-refractivity contribution in [2.75, 3.05) is 12.4 Å². The molecule has 6 aromatic rings. The molecule has 12 nitrogen and oxygen atoms in total. The summed E-state index contributed by atoms with van der Waals surface area (Å²) in [7, 11) is 3.34. The van der Waals surface area contributed by atoms with Crippen molar-refractivity contribution in [2.24, 2.45) is 7.05 Å². The second-order valence-electron chi connectivity index (χ2n) is 10.5. The molecule has 0 radical (unpaired) electrons. The minimum atomic E-state index is -0.520. The number of carbonyl (C=O) groups is 1. The Kier molecular flexibility index (Phi) is 7.53. The SMILES string of the molecule is CNC(C)C(=O)Nc1cnc(-c2cccc(-c3nnn(C)n3)c2)n(Cc2cncc(-n3cc(C)c4cc(F)ccc43)c2)c1=O. The number of aryl methyl sites for hydroxylation is 2. The summed E-state index contributed by atoms with van der Waals surface area (Å²) in [5.41, 5.74) is 4.18. The molecule has 222 valence electrons. The Morgan fingerprint density at radius 1 is 1.07 bits per heavy atom. The highest BCUT2D eigenvalue weighted by Gasteiger charge is 2.18. The van der Waals surface area contributed by atoms with Crippen LogP contribution in [0.5, 0.6) is 0 Å². The van der Waals surface area contributed by atoms with Crippen molar-refractivity contribution in [3.8, 4) is 28.5 Å². The molecule has 0 aliphatic carbocycles. The van der Waals surface area contributed by atoms with Crippen molar-refractivity contribution in [2.45, 2.75) is 26.4 Å². The van der Waals surface area contributed by atoms with Gasteiger partial charge in [0.15, 0.2) is 0 Å². The average molecular weight is 593 g/mol. The van der Waals surface area contributed by atoms with Crippen LogP contribution in [0.4, 0.5) is 10.1 Å². The van der Waals surface area contributed by atoms with Crippen LogP contribution in [-0.2, 0) is 18.4 Å². The summed E-state index contributed by atoms with van der Waals surface area (Å²) in [6, 6.07) is 13.4. The summed E-state index contributed by atoms with van der Waals surface area (Å²) >= 11 is 0. The van der Waals surface area contributed by atoms with Crippen LogP contribution < -0.4 is 16.2 Å². The van der Waals surface area contributed by atoms with Gasteiger partial charge in [-0.3, -0.25) is 19.1 Å². The molecular weight excluding hydrogens is 563 g/mol. The molecule has 4 heterocycles. The van der Waals surface area contributed by atoms with E-state index in [-0.39, 0.29) is 24.0 Å². The highest BCUT2D eigenvalue weighted by atomic mass is 19.1. The number of rotatable bonds is 8. The molecule has 0 saturated heterocycles. The average Bonchev–Trinajstić information content (AvgIpc) is 3.61. The van der Waals surface area contributed by atoms with E-state index >= 15 is 0 Å². The smallest absolute Gasteiger partial charge is 0.277 e. The number of hydrogen-bond acceptors (Lipinski definition) is 8. The third kappa shape index (κ3) is 5.47. The van der Waals surface area contributed by atoms with Crippen LogP contribution in [0.2, 0.25) is 0 Å². The van der Waals surface area contributed by atoms with E-state index in [4.69, 9.17) is 0 Å². The van der Waals surface area contributed by atoms with Crippen LogP contribution in [0.15, 0.2) is 78.1 Å². The number of benzene rings is 2. The van der Waals surface area contributed by atoms with Crippen molar-refractivity contribution in [3.63, 3.8) is 0 Å². The van der Waals surface area contributed by atoms with E-state index in [1.807, 2.05) is 48.0 Å². The molecule has 0 aliphatic rings. The number of amides is 1. The fraction of sp³-hybridized carbons (Fsp3) is 0.194. The maximum Gasteiger partial charge on any atom is 0.277 e. The zero-order valence-electron chi connectivity index (χ0n) is 24.5. The van der Waals surface area contributed by atoms with E-state index in [0.717, 1.165) is 22.2 Å². The number of pyridine rings is 1. The minimum absolute atomic E-state index is 0.0470. The lowest BCUT2D eigenvalue weighted by atomic mass is 10.1. The lowest BCUT2D eigenvalue weighted by molar-refractivity contribution is -0.117. The largest absolute Gasteiger partial charge is 0.319 e. The van der Waals surface area contributed by atoms with E-state index < -0.39 is 11.6 Å². The summed E-state index contributed by atoms with van der Waals surface area (Å²) in [4.78, 5) is 37.0. The van der Waals surface area contributed by atoms with Crippen LogP contribution in [-0.4, -0.2) is 58.3 Å². The predicted octanol–water partition coefficient (Wildman–Crippen LogP) is 3.48. The number of nitrogens with zero attached hydrogens (tertiary/aromatic N) is 8. The number of anilines is 1. The normalized spacial score (nSPS) is 12.0. The lowest BCUT2D eigenvalue weighted by Gasteiger charge is -2.16. The number of aromatic nitrogens is 8. The first-order valence-electron chi connectivity index (χ1n) is 13.9. The van der Waals surface area contributed by atoms with E-state index in [9.17, 15) is 14.0 Å². The van der Waals surface area contributed by atoms with Gasteiger partial charge >= 0.3 is 0 Å². The maximum absolute atomic E-state index is 13.9. The molecule has 0 bridgehead atoms. The van der Waals surface area contributed by atoms with Gasteiger partial charge in [0.1, 0.15) is 17.3 Å². The lowest BCUT2D eigenvalue weighted by Crippen LogP contribution is -2.38. The van der Waals surface area contributed by atoms with Gasteiger partial charge in [-0.25, -0.2) is 9.37 Å². The van der Waals surface area contributed by atoms with Crippen molar-refractivity contribution >= 4 is 22.5 Å². The van der Waals surface area contributed by atoms with Gasteiger partial charge in [0.25, 0.3) is 5.56 Å². The van der Waals surface area contributed by atoms with Gasteiger partial charge in [-0.15, -0.1) is 10.2 Å². The van der Waals surface area contributed by atoms with Crippen LogP contribution in [0, 0.1) is 12.7 Å². The number of halogens is 1. The zero-order chi connectivity index (χ0) is 31.0.